The van der Waals surface area contributed by atoms with Crippen molar-refractivity contribution in [1.82, 2.24) is 0 Å². The highest BCUT2D eigenvalue weighted by Crippen LogP contribution is 2.47. The maximum atomic E-state index is 12.5. The van der Waals surface area contributed by atoms with Gasteiger partial charge in [-0.15, -0.1) is 0 Å². The van der Waals surface area contributed by atoms with Crippen LogP contribution in [0.1, 0.15) is 89.2 Å². The topological polar surface area (TPSA) is 46.5 Å². The van der Waals surface area contributed by atoms with E-state index in [0.717, 1.165) is 73.4 Å². The Labute approximate surface area is 190 Å². The van der Waals surface area contributed by atoms with Gasteiger partial charge in [0, 0.05) is 23.2 Å². The van der Waals surface area contributed by atoms with Crippen molar-refractivity contribution in [2.75, 3.05) is 5.33 Å². The summed E-state index contributed by atoms with van der Waals surface area (Å²) in [7, 11) is 0. The molecule has 0 radical (unpaired) electrons. The van der Waals surface area contributed by atoms with Crippen LogP contribution < -0.4 is 4.74 Å². The minimum atomic E-state index is -0.231. The molecule has 0 fully saturated rings. The lowest BCUT2D eigenvalue weighted by Gasteiger charge is -2.32. The Morgan fingerprint density at radius 1 is 1.27 bits per heavy atom. The molecule has 1 N–H and O–H groups in total. The summed E-state index contributed by atoms with van der Waals surface area (Å²) in [6.07, 6.45) is 10.6. The van der Waals surface area contributed by atoms with Crippen LogP contribution in [-0.4, -0.2) is 16.4 Å². The molecule has 2 atom stereocenters. The third-order valence-corrected chi connectivity index (χ3v) is 6.51. The normalized spacial score (nSPS) is 18.7. The van der Waals surface area contributed by atoms with Crippen LogP contribution >= 0.6 is 15.9 Å². The summed E-state index contributed by atoms with van der Waals surface area (Å²) in [6, 6.07) is 3.83. The van der Waals surface area contributed by atoms with Crippen molar-refractivity contribution in [2.24, 2.45) is 5.92 Å². The van der Waals surface area contributed by atoms with Gasteiger partial charge in [-0.2, -0.15) is 0 Å². The molecule has 0 heterocycles. The first-order chi connectivity index (χ1) is 14.4. The first kappa shape index (κ1) is 24.7. The predicted octanol–water partition coefficient (Wildman–Crippen LogP) is 7.61. The van der Waals surface area contributed by atoms with Gasteiger partial charge in [0.2, 0.25) is 0 Å². The summed E-state index contributed by atoms with van der Waals surface area (Å²) in [5, 5.41) is 11.9. The Bertz CT molecular complexity index is 766. The van der Waals surface area contributed by atoms with Crippen LogP contribution in [0.15, 0.2) is 35.9 Å². The number of ether oxygens (including phenoxy) is 1. The van der Waals surface area contributed by atoms with Crippen LogP contribution in [0, 0.1) is 5.92 Å². The van der Waals surface area contributed by atoms with Crippen molar-refractivity contribution in [3.8, 4) is 11.5 Å². The summed E-state index contributed by atoms with van der Waals surface area (Å²) in [6.45, 7) is 10.5. The summed E-state index contributed by atoms with van der Waals surface area (Å²) < 4.78 is 5.86. The molecule has 166 valence electrons. The summed E-state index contributed by atoms with van der Waals surface area (Å²) >= 11 is 3.40. The lowest BCUT2D eigenvalue weighted by molar-refractivity contribution is -0.134. The van der Waals surface area contributed by atoms with E-state index in [-0.39, 0.29) is 23.6 Å². The lowest BCUT2D eigenvalue weighted by Crippen LogP contribution is -2.19. The van der Waals surface area contributed by atoms with Crippen LogP contribution in [0.2, 0.25) is 0 Å². The number of phenols is 1. The molecule has 2 rings (SSSR count). The molecule has 1 aromatic rings. The van der Waals surface area contributed by atoms with Gasteiger partial charge in [-0.1, -0.05) is 59.5 Å². The van der Waals surface area contributed by atoms with E-state index >= 15 is 0 Å². The van der Waals surface area contributed by atoms with Gasteiger partial charge in [0.1, 0.15) is 11.5 Å². The lowest BCUT2D eigenvalue weighted by atomic mass is 9.73. The van der Waals surface area contributed by atoms with Crippen LogP contribution in [0.5, 0.6) is 11.5 Å². The molecule has 0 unspecified atom stereocenters. The molecule has 0 bridgehead atoms. The number of esters is 1. The molecule has 0 saturated heterocycles. The number of carbonyl (C=O) groups is 1. The summed E-state index contributed by atoms with van der Waals surface area (Å²) in [5.41, 5.74) is 4.16. The Kier molecular flexibility index (Phi) is 10.2. The third kappa shape index (κ3) is 7.01. The van der Waals surface area contributed by atoms with Gasteiger partial charge in [-0.25, -0.2) is 0 Å². The zero-order chi connectivity index (χ0) is 22.1. The van der Waals surface area contributed by atoms with Crippen molar-refractivity contribution in [2.45, 2.75) is 84.5 Å². The van der Waals surface area contributed by atoms with E-state index in [4.69, 9.17) is 4.74 Å². The van der Waals surface area contributed by atoms with E-state index in [1.54, 1.807) is 0 Å². The number of phenolic OH excluding ortho intramolecular Hbond substituents is 1. The molecule has 1 aliphatic carbocycles. The first-order valence-corrected chi connectivity index (χ1v) is 12.4. The number of halogens is 1. The second kappa shape index (κ2) is 12.3. The smallest absolute Gasteiger partial charge is 0.311 e. The number of aromatic hydroxyl groups is 1. The largest absolute Gasteiger partial charge is 0.507 e. The van der Waals surface area contributed by atoms with Gasteiger partial charge < -0.3 is 9.84 Å². The highest BCUT2D eigenvalue weighted by Gasteiger charge is 2.31. The van der Waals surface area contributed by atoms with Gasteiger partial charge >= 0.3 is 5.97 Å². The zero-order valence-electron chi connectivity index (χ0n) is 18.8. The molecular formula is C26H37BrO3. The number of allylic oxidation sites excluding steroid dienone is 3. The fourth-order valence-corrected chi connectivity index (χ4v) is 4.65. The minimum absolute atomic E-state index is 0.0220. The van der Waals surface area contributed by atoms with Crippen molar-refractivity contribution >= 4 is 21.9 Å². The quantitative estimate of drug-likeness (QED) is 0.117. The van der Waals surface area contributed by atoms with Gasteiger partial charge in [0.25, 0.3) is 0 Å². The van der Waals surface area contributed by atoms with E-state index in [0.29, 0.717) is 12.2 Å². The molecule has 3 nitrogen and oxygen atoms in total. The molecule has 1 aromatic carbocycles. The van der Waals surface area contributed by atoms with E-state index in [1.807, 2.05) is 19.1 Å². The zero-order valence-corrected chi connectivity index (χ0v) is 20.4. The number of benzene rings is 1. The molecule has 4 heteroatoms. The van der Waals surface area contributed by atoms with Crippen LogP contribution in [0.4, 0.5) is 0 Å². The maximum Gasteiger partial charge on any atom is 0.311 e. The molecule has 1 aliphatic rings. The number of carbonyl (C=O) groups excluding carboxylic acids is 1. The molecule has 0 saturated carbocycles. The Balaban J connectivity index is 2.41. The predicted molar refractivity (Wildman–Crippen MR) is 129 cm³/mol. The Hall–Kier alpha value is -1.55. The van der Waals surface area contributed by atoms with Crippen LogP contribution in [-0.2, 0) is 11.2 Å². The van der Waals surface area contributed by atoms with Gasteiger partial charge in [-0.3, -0.25) is 4.79 Å². The van der Waals surface area contributed by atoms with Crippen molar-refractivity contribution in [3.63, 3.8) is 0 Å². The Morgan fingerprint density at radius 3 is 2.70 bits per heavy atom. The second-order valence-electron chi connectivity index (χ2n) is 8.63. The van der Waals surface area contributed by atoms with E-state index in [2.05, 4.69) is 42.4 Å². The van der Waals surface area contributed by atoms with Gasteiger partial charge in [0.05, 0.1) is 0 Å². The van der Waals surface area contributed by atoms with Crippen molar-refractivity contribution in [3.05, 3.63) is 47.1 Å². The minimum Gasteiger partial charge on any atom is -0.507 e. The SMILES string of the molecule is C=C(C)[C@@H]1CCC(C)=C[C@H]1c1c(O)cc(CCCCC)cc1OC(=O)CCCCBr. The standard InChI is InChI=1S/C26H37BrO3/c1-5-6-7-10-20-16-23(28)26(22-15-19(4)12-13-21(22)18(2)3)24(17-20)30-25(29)11-8-9-14-27/h15-17,21-22,28H,2,5-14H2,1,3-4H3/t21-,22+/m0/s1. The summed E-state index contributed by atoms with van der Waals surface area (Å²) in [5.74, 6) is 0.732. The van der Waals surface area contributed by atoms with E-state index < -0.39 is 0 Å². The number of hydrogen-bond donors (Lipinski definition) is 1. The summed E-state index contributed by atoms with van der Waals surface area (Å²) in [4.78, 5) is 12.5. The van der Waals surface area contributed by atoms with Crippen molar-refractivity contribution in [1.29, 1.82) is 0 Å². The monoisotopic (exact) mass is 476 g/mol. The molecule has 30 heavy (non-hydrogen) atoms. The maximum absolute atomic E-state index is 12.5. The number of aryl methyl sites for hydroxylation is 1. The molecule has 0 aromatic heterocycles. The first-order valence-electron chi connectivity index (χ1n) is 11.3. The number of unbranched alkanes of at least 4 members (excludes halogenated alkanes) is 3. The molecule has 0 aliphatic heterocycles. The highest BCUT2D eigenvalue weighted by atomic mass is 79.9. The number of rotatable bonds is 11. The highest BCUT2D eigenvalue weighted by molar-refractivity contribution is 9.09. The molecular weight excluding hydrogens is 440 g/mol. The van der Waals surface area contributed by atoms with Gasteiger partial charge in [0.15, 0.2) is 0 Å². The van der Waals surface area contributed by atoms with Crippen LogP contribution in [0.3, 0.4) is 0 Å². The van der Waals surface area contributed by atoms with Crippen LogP contribution in [0.25, 0.3) is 0 Å². The molecule has 0 spiro atoms. The third-order valence-electron chi connectivity index (χ3n) is 5.95. The van der Waals surface area contributed by atoms with Crippen molar-refractivity contribution < 1.29 is 14.6 Å². The fraction of sp³-hybridized carbons (Fsp3) is 0.577. The average molecular weight is 477 g/mol. The number of alkyl halides is 1. The van der Waals surface area contributed by atoms with E-state index in [1.165, 1.54) is 5.57 Å². The second-order valence-corrected chi connectivity index (χ2v) is 9.43. The molecule has 0 amide bonds. The van der Waals surface area contributed by atoms with E-state index in [9.17, 15) is 9.90 Å². The fourth-order valence-electron chi connectivity index (χ4n) is 4.25. The average Bonchev–Trinajstić information content (AvgIpc) is 2.68. The van der Waals surface area contributed by atoms with Gasteiger partial charge in [-0.05, 0) is 76.0 Å². The Morgan fingerprint density at radius 2 is 2.03 bits per heavy atom. The number of hydrogen-bond acceptors (Lipinski definition) is 3.